The van der Waals surface area contributed by atoms with Gasteiger partial charge in [-0.1, -0.05) is 24.8 Å². The Kier molecular flexibility index (Phi) is 5.79. The minimum absolute atomic E-state index is 0.236. The number of rotatable bonds is 6. The molecule has 0 N–H and O–H groups in total. The Morgan fingerprint density at radius 2 is 2.26 bits per heavy atom. The van der Waals surface area contributed by atoms with E-state index in [2.05, 4.69) is 16.3 Å². The molecule has 4 heteroatoms. The molecule has 1 aromatic heterocycles. The fourth-order valence-electron chi connectivity index (χ4n) is 1.65. The summed E-state index contributed by atoms with van der Waals surface area (Å²) in [5.41, 5.74) is 1.94. The van der Waals surface area contributed by atoms with Gasteiger partial charge in [0, 0.05) is 18.9 Å². The number of esters is 1. The highest BCUT2D eigenvalue weighted by Crippen LogP contribution is 2.12. The van der Waals surface area contributed by atoms with Crippen LogP contribution < -0.4 is 0 Å². The van der Waals surface area contributed by atoms with Gasteiger partial charge in [-0.2, -0.15) is 0 Å². The molecule has 0 aliphatic carbocycles. The largest absolute Gasteiger partial charge is 0.469 e. The van der Waals surface area contributed by atoms with Gasteiger partial charge in [-0.3, -0.25) is 4.79 Å². The number of allylic oxidation sites excluding steroid dienone is 4. The van der Waals surface area contributed by atoms with Crippen LogP contribution in [-0.4, -0.2) is 22.6 Å². The number of carbonyl (C=O) groups excluding carboxylic acids is 1. The number of nitrogens with zero attached hydrogens (tertiary/aromatic N) is 2. The lowest BCUT2D eigenvalue weighted by Gasteiger charge is -2.08. The molecule has 0 amide bonds. The molecule has 1 aromatic rings. The van der Waals surface area contributed by atoms with E-state index in [1.807, 2.05) is 36.8 Å². The third kappa shape index (κ3) is 4.58. The first-order valence-corrected chi connectivity index (χ1v) is 6.13. The van der Waals surface area contributed by atoms with Crippen molar-refractivity contribution in [3.63, 3.8) is 0 Å². The maximum absolute atomic E-state index is 11.3. The average Bonchev–Trinajstić information content (AvgIpc) is 2.82. The lowest BCUT2D eigenvalue weighted by molar-refractivity contribution is -0.139. The molecule has 19 heavy (non-hydrogen) atoms. The van der Waals surface area contributed by atoms with Crippen LogP contribution >= 0.6 is 0 Å². The second kappa shape index (κ2) is 7.36. The summed E-state index contributed by atoms with van der Waals surface area (Å²) in [7, 11) is 1.38. The van der Waals surface area contributed by atoms with Gasteiger partial charge in [0.15, 0.2) is 0 Å². The topological polar surface area (TPSA) is 44.1 Å². The van der Waals surface area contributed by atoms with Gasteiger partial charge in [-0.15, -0.1) is 0 Å². The van der Waals surface area contributed by atoms with Gasteiger partial charge in [0.1, 0.15) is 5.82 Å². The van der Waals surface area contributed by atoms with Crippen LogP contribution in [0.1, 0.15) is 19.2 Å². The number of methoxy groups -OCH3 is 1. The monoisotopic (exact) mass is 260 g/mol. The molecule has 0 fully saturated rings. The van der Waals surface area contributed by atoms with Crippen LogP contribution in [0.4, 0.5) is 0 Å². The smallest absolute Gasteiger partial charge is 0.309 e. The third-order valence-corrected chi connectivity index (χ3v) is 2.86. The molecule has 4 nitrogen and oxygen atoms in total. The highest BCUT2D eigenvalue weighted by atomic mass is 16.5. The zero-order chi connectivity index (χ0) is 14.3. The Morgan fingerprint density at radius 3 is 2.74 bits per heavy atom. The quantitative estimate of drug-likeness (QED) is 0.583. The minimum atomic E-state index is -0.264. The zero-order valence-corrected chi connectivity index (χ0v) is 11.7. The highest BCUT2D eigenvalue weighted by molar-refractivity contribution is 5.73. The predicted molar refractivity (Wildman–Crippen MR) is 75.6 cm³/mol. The number of imidazole rings is 1. The number of aromatic nitrogens is 2. The first-order chi connectivity index (χ1) is 9.10. The summed E-state index contributed by atoms with van der Waals surface area (Å²) in [6.45, 7) is 8.38. The number of hydrogen-bond acceptors (Lipinski definition) is 3. The third-order valence-electron chi connectivity index (χ3n) is 2.86. The Balaban J connectivity index is 2.82. The molecular weight excluding hydrogens is 240 g/mol. The molecule has 1 rings (SSSR count). The molecule has 0 spiro atoms. The Bertz CT molecular complexity index is 510. The van der Waals surface area contributed by atoms with Crippen LogP contribution in [0.2, 0.25) is 0 Å². The van der Waals surface area contributed by atoms with E-state index in [1.54, 1.807) is 12.3 Å². The van der Waals surface area contributed by atoms with E-state index in [9.17, 15) is 4.79 Å². The summed E-state index contributed by atoms with van der Waals surface area (Å²) in [4.78, 5) is 15.5. The molecule has 0 atom stereocenters. The molecule has 0 bridgehead atoms. The average molecular weight is 260 g/mol. The van der Waals surface area contributed by atoms with Gasteiger partial charge in [-0.05, 0) is 25.0 Å². The lowest BCUT2D eigenvalue weighted by Crippen LogP contribution is -2.03. The van der Waals surface area contributed by atoms with Gasteiger partial charge >= 0.3 is 5.97 Å². The van der Waals surface area contributed by atoms with Crippen LogP contribution in [0.15, 0.2) is 48.3 Å². The van der Waals surface area contributed by atoms with Crippen molar-refractivity contribution in [3.8, 4) is 0 Å². The number of hydrogen-bond donors (Lipinski definition) is 0. The fourth-order valence-corrected chi connectivity index (χ4v) is 1.65. The molecule has 0 radical (unpaired) electrons. The normalized spacial score (nSPS) is 12.4. The summed E-state index contributed by atoms with van der Waals surface area (Å²) < 4.78 is 6.71. The maximum atomic E-state index is 11.3. The molecule has 0 saturated carbocycles. The van der Waals surface area contributed by atoms with E-state index >= 15 is 0 Å². The van der Waals surface area contributed by atoms with Crippen LogP contribution in [0, 0.1) is 6.92 Å². The first-order valence-electron chi connectivity index (χ1n) is 6.13. The summed E-state index contributed by atoms with van der Waals surface area (Å²) in [6, 6.07) is 0. The van der Waals surface area contributed by atoms with E-state index in [0.29, 0.717) is 0 Å². The fraction of sp³-hybridized carbons (Fsp3) is 0.333. The van der Waals surface area contributed by atoms with Crippen LogP contribution in [0.25, 0.3) is 0 Å². The van der Waals surface area contributed by atoms with Crippen molar-refractivity contribution >= 4 is 5.97 Å². The Labute approximate surface area is 114 Å². The lowest BCUT2D eigenvalue weighted by atomic mass is 10.1. The van der Waals surface area contributed by atoms with Crippen molar-refractivity contribution in [1.82, 2.24) is 9.55 Å². The van der Waals surface area contributed by atoms with E-state index in [0.717, 1.165) is 23.5 Å². The Hall–Kier alpha value is -2.10. The van der Waals surface area contributed by atoms with E-state index < -0.39 is 0 Å². The van der Waals surface area contributed by atoms with Crippen molar-refractivity contribution in [1.29, 1.82) is 0 Å². The van der Waals surface area contributed by atoms with E-state index in [-0.39, 0.29) is 12.4 Å². The predicted octanol–water partition coefficient (Wildman–Crippen LogP) is 2.81. The zero-order valence-electron chi connectivity index (χ0n) is 11.7. The molecule has 0 aliphatic rings. The van der Waals surface area contributed by atoms with E-state index in [1.165, 1.54) is 7.11 Å². The first kappa shape index (κ1) is 15.0. The SMILES string of the molecule is C=C/C(=C\C(=C/C)Cn1ccnc1C)CC(=O)OC. The second-order valence-electron chi connectivity index (χ2n) is 4.14. The molecule has 0 unspecified atom stereocenters. The van der Waals surface area contributed by atoms with E-state index in [4.69, 9.17) is 0 Å². The van der Waals surface area contributed by atoms with Crippen LogP contribution in [0.3, 0.4) is 0 Å². The van der Waals surface area contributed by atoms with Crippen molar-refractivity contribution in [2.24, 2.45) is 0 Å². The number of carbonyl (C=O) groups is 1. The van der Waals surface area contributed by atoms with Crippen molar-refractivity contribution in [2.45, 2.75) is 26.8 Å². The number of ether oxygens (including phenoxy) is 1. The van der Waals surface area contributed by atoms with Gasteiger partial charge in [0.05, 0.1) is 13.5 Å². The Morgan fingerprint density at radius 1 is 1.53 bits per heavy atom. The van der Waals surface area contributed by atoms with Crippen molar-refractivity contribution in [3.05, 3.63) is 54.2 Å². The molecule has 0 aliphatic heterocycles. The molecular formula is C15H20N2O2. The maximum Gasteiger partial charge on any atom is 0.309 e. The molecule has 0 saturated heterocycles. The van der Waals surface area contributed by atoms with Gasteiger partial charge in [0.2, 0.25) is 0 Å². The van der Waals surface area contributed by atoms with Crippen molar-refractivity contribution in [2.75, 3.05) is 7.11 Å². The highest BCUT2D eigenvalue weighted by Gasteiger charge is 2.05. The van der Waals surface area contributed by atoms with Gasteiger partial charge in [-0.25, -0.2) is 4.98 Å². The second-order valence-corrected chi connectivity index (χ2v) is 4.14. The van der Waals surface area contributed by atoms with Gasteiger partial charge in [0.25, 0.3) is 0 Å². The minimum Gasteiger partial charge on any atom is -0.469 e. The van der Waals surface area contributed by atoms with Gasteiger partial charge < -0.3 is 9.30 Å². The molecule has 1 heterocycles. The summed E-state index contributed by atoms with van der Waals surface area (Å²) in [5.74, 6) is 0.696. The van der Waals surface area contributed by atoms with Crippen LogP contribution in [-0.2, 0) is 16.1 Å². The number of aryl methyl sites for hydroxylation is 1. The van der Waals surface area contributed by atoms with Crippen LogP contribution in [0.5, 0.6) is 0 Å². The molecule has 102 valence electrons. The summed E-state index contributed by atoms with van der Waals surface area (Å²) in [6.07, 6.45) is 9.60. The summed E-state index contributed by atoms with van der Waals surface area (Å²) in [5, 5.41) is 0. The standard InChI is InChI=1S/C15H20N2O2/c1-5-13(10-15(18)19-4)9-14(6-2)11-17-8-7-16-12(17)3/h5-9H,1,10-11H2,2-4H3/b13-9+,14-6+. The molecule has 0 aromatic carbocycles. The summed E-state index contributed by atoms with van der Waals surface area (Å²) >= 11 is 0. The van der Waals surface area contributed by atoms with Crippen molar-refractivity contribution < 1.29 is 9.53 Å².